The number of pyridine rings is 1. The van der Waals surface area contributed by atoms with E-state index in [0.717, 1.165) is 16.8 Å². The number of aromatic nitrogens is 3. The first-order chi connectivity index (χ1) is 13.9. The first-order valence-corrected chi connectivity index (χ1v) is 8.97. The number of anilines is 1. The van der Waals surface area contributed by atoms with Gasteiger partial charge in [0, 0.05) is 22.4 Å². The fraction of sp³-hybridized carbons (Fsp3) is 0.238. The van der Waals surface area contributed by atoms with E-state index in [4.69, 9.17) is 15.6 Å². The Balaban J connectivity index is 2.20. The van der Waals surface area contributed by atoms with Crippen LogP contribution >= 0.6 is 0 Å². The highest BCUT2D eigenvalue weighted by Crippen LogP contribution is 2.37. The summed E-state index contributed by atoms with van der Waals surface area (Å²) >= 11 is 0. The molecule has 0 bridgehead atoms. The van der Waals surface area contributed by atoms with Gasteiger partial charge in [0.05, 0.1) is 31.5 Å². The van der Waals surface area contributed by atoms with E-state index in [1.165, 1.54) is 0 Å². The number of aryl methyl sites for hydroxylation is 2. The van der Waals surface area contributed by atoms with E-state index in [9.17, 15) is 10.1 Å². The molecular weight excluding hydrogens is 370 g/mol. The van der Waals surface area contributed by atoms with E-state index in [-0.39, 0.29) is 24.3 Å². The Morgan fingerprint density at radius 2 is 2.03 bits per heavy atom. The van der Waals surface area contributed by atoms with Gasteiger partial charge in [0.2, 0.25) is 0 Å². The Bertz CT molecular complexity index is 1130. The van der Waals surface area contributed by atoms with Crippen molar-refractivity contribution in [3.8, 4) is 34.2 Å². The molecule has 3 N–H and O–H groups in total. The van der Waals surface area contributed by atoms with Crippen LogP contribution in [0.3, 0.4) is 0 Å². The van der Waals surface area contributed by atoms with Gasteiger partial charge in [-0.25, -0.2) is 4.98 Å². The van der Waals surface area contributed by atoms with Gasteiger partial charge < -0.3 is 15.6 Å². The van der Waals surface area contributed by atoms with Crippen molar-refractivity contribution in [3.63, 3.8) is 0 Å². The van der Waals surface area contributed by atoms with E-state index < -0.39 is 5.97 Å². The predicted octanol–water partition coefficient (Wildman–Crippen LogP) is 3.17. The van der Waals surface area contributed by atoms with E-state index in [1.54, 1.807) is 17.9 Å². The van der Waals surface area contributed by atoms with E-state index in [0.29, 0.717) is 22.7 Å². The SMILES string of the molecule is COc1ccccc1-c1cc(-c2c(C)nn(CCC(=O)O)c2C)nc(N)c1C#N. The summed E-state index contributed by atoms with van der Waals surface area (Å²) in [4.78, 5) is 15.3. The summed E-state index contributed by atoms with van der Waals surface area (Å²) < 4.78 is 7.10. The zero-order valence-corrected chi connectivity index (χ0v) is 16.4. The van der Waals surface area contributed by atoms with Gasteiger partial charge in [-0.05, 0) is 26.0 Å². The number of para-hydroxylation sites is 1. The number of hydrogen-bond acceptors (Lipinski definition) is 6. The first kappa shape index (κ1) is 19.9. The molecule has 0 aliphatic carbocycles. The number of nitrogens with two attached hydrogens (primary N) is 1. The molecule has 0 aliphatic rings. The van der Waals surface area contributed by atoms with Crippen LogP contribution in [-0.4, -0.2) is 33.0 Å². The predicted molar refractivity (Wildman–Crippen MR) is 108 cm³/mol. The number of hydrogen-bond donors (Lipinski definition) is 2. The minimum atomic E-state index is -0.890. The number of nitrogen functional groups attached to an aromatic ring is 1. The fourth-order valence-electron chi connectivity index (χ4n) is 3.38. The lowest BCUT2D eigenvalue weighted by molar-refractivity contribution is -0.137. The molecule has 8 heteroatoms. The third-order valence-electron chi connectivity index (χ3n) is 4.73. The number of aliphatic carboxylic acids is 1. The summed E-state index contributed by atoms with van der Waals surface area (Å²) in [6, 6.07) is 11.3. The summed E-state index contributed by atoms with van der Waals surface area (Å²) in [5, 5.41) is 23.0. The number of ether oxygens (including phenoxy) is 1. The van der Waals surface area contributed by atoms with E-state index >= 15 is 0 Å². The van der Waals surface area contributed by atoms with Crippen LogP contribution in [0.2, 0.25) is 0 Å². The van der Waals surface area contributed by atoms with Gasteiger partial charge in [0.1, 0.15) is 23.2 Å². The van der Waals surface area contributed by atoms with Crippen LogP contribution in [0.5, 0.6) is 5.75 Å². The number of carboxylic acid groups (broad SMARTS) is 1. The summed E-state index contributed by atoms with van der Waals surface area (Å²) in [7, 11) is 1.57. The minimum absolute atomic E-state index is 0.0310. The second-order valence-electron chi connectivity index (χ2n) is 6.54. The molecule has 148 valence electrons. The minimum Gasteiger partial charge on any atom is -0.496 e. The molecule has 3 rings (SSSR count). The second-order valence-corrected chi connectivity index (χ2v) is 6.54. The molecule has 1 aromatic carbocycles. The van der Waals surface area contributed by atoms with Crippen molar-refractivity contribution in [2.24, 2.45) is 0 Å². The number of rotatable bonds is 6. The molecule has 8 nitrogen and oxygen atoms in total. The normalized spacial score (nSPS) is 10.6. The van der Waals surface area contributed by atoms with Crippen LogP contribution in [0.4, 0.5) is 5.82 Å². The summed E-state index contributed by atoms with van der Waals surface area (Å²) in [5.41, 5.74) is 10.6. The number of methoxy groups -OCH3 is 1. The topological polar surface area (TPSA) is 127 Å². The highest BCUT2D eigenvalue weighted by atomic mass is 16.5. The second kappa shape index (κ2) is 8.02. The lowest BCUT2D eigenvalue weighted by Gasteiger charge is -2.13. The van der Waals surface area contributed by atoms with Crippen molar-refractivity contribution in [2.45, 2.75) is 26.8 Å². The lowest BCUT2D eigenvalue weighted by atomic mass is 9.97. The monoisotopic (exact) mass is 391 g/mol. The first-order valence-electron chi connectivity index (χ1n) is 8.97. The summed E-state index contributed by atoms with van der Waals surface area (Å²) in [6.45, 7) is 3.95. The van der Waals surface area contributed by atoms with Crippen LogP contribution in [0.1, 0.15) is 23.4 Å². The van der Waals surface area contributed by atoms with Gasteiger partial charge >= 0.3 is 5.97 Å². The zero-order chi connectivity index (χ0) is 21.1. The van der Waals surface area contributed by atoms with Gasteiger partial charge in [0.15, 0.2) is 0 Å². The third kappa shape index (κ3) is 3.75. The third-order valence-corrected chi connectivity index (χ3v) is 4.73. The molecular formula is C21H21N5O3. The smallest absolute Gasteiger partial charge is 0.305 e. The highest BCUT2D eigenvalue weighted by Gasteiger charge is 2.20. The molecule has 0 aliphatic heterocycles. The Labute approximate surface area is 168 Å². The van der Waals surface area contributed by atoms with E-state index in [2.05, 4.69) is 16.2 Å². The molecule has 0 radical (unpaired) electrons. The molecule has 0 saturated carbocycles. The van der Waals surface area contributed by atoms with Crippen LogP contribution in [0.15, 0.2) is 30.3 Å². The van der Waals surface area contributed by atoms with E-state index in [1.807, 2.05) is 38.1 Å². The van der Waals surface area contributed by atoms with Gasteiger partial charge in [-0.3, -0.25) is 9.48 Å². The Hall–Kier alpha value is -3.86. The largest absolute Gasteiger partial charge is 0.496 e. The molecule has 2 aromatic heterocycles. The molecule has 29 heavy (non-hydrogen) atoms. The number of nitriles is 1. The molecule has 0 amide bonds. The molecule has 0 atom stereocenters. The molecule has 0 fully saturated rings. The van der Waals surface area contributed by atoms with Crippen LogP contribution < -0.4 is 10.5 Å². The quantitative estimate of drug-likeness (QED) is 0.660. The maximum atomic E-state index is 10.9. The van der Waals surface area contributed by atoms with Crippen molar-refractivity contribution >= 4 is 11.8 Å². The Kier molecular flexibility index (Phi) is 5.50. The summed E-state index contributed by atoms with van der Waals surface area (Å²) in [6.07, 6.45) is -0.0310. The zero-order valence-electron chi connectivity index (χ0n) is 16.4. The standard InChI is InChI=1S/C21H21N5O3/c1-12-20(13(2)26(25-12)9-8-19(27)28)17-10-15(16(11-22)21(23)24-17)14-6-4-5-7-18(14)29-3/h4-7,10H,8-9H2,1-3H3,(H2,23,24)(H,27,28). The number of nitrogens with zero attached hydrogens (tertiary/aromatic N) is 4. The van der Waals surface area contributed by atoms with Crippen molar-refractivity contribution in [1.82, 2.24) is 14.8 Å². The lowest BCUT2D eigenvalue weighted by Crippen LogP contribution is -2.07. The van der Waals surface area contributed by atoms with Crippen molar-refractivity contribution in [3.05, 3.63) is 47.3 Å². The Morgan fingerprint density at radius 1 is 1.31 bits per heavy atom. The van der Waals surface area contributed by atoms with Crippen LogP contribution in [0.25, 0.3) is 22.4 Å². The average molecular weight is 391 g/mol. The van der Waals surface area contributed by atoms with Gasteiger partial charge in [-0.2, -0.15) is 10.4 Å². The number of benzene rings is 1. The van der Waals surface area contributed by atoms with Crippen LogP contribution in [-0.2, 0) is 11.3 Å². The number of carboxylic acids is 1. The van der Waals surface area contributed by atoms with Crippen molar-refractivity contribution in [2.75, 3.05) is 12.8 Å². The van der Waals surface area contributed by atoms with Gasteiger partial charge in [-0.15, -0.1) is 0 Å². The van der Waals surface area contributed by atoms with Crippen LogP contribution in [0, 0.1) is 25.2 Å². The summed E-state index contributed by atoms with van der Waals surface area (Å²) in [5.74, 6) is -0.160. The Morgan fingerprint density at radius 3 is 2.69 bits per heavy atom. The highest BCUT2D eigenvalue weighted by molar-refractivity contribution is 5.83. The number of carbonyl (C=O) groups is 1. The maximum absolute atomic E-state index is 10.9. The molecule has 2 heterocycles. The molecule has 0 saturated heterocycles. The molecule has 0 unspecified atom stereocenters. The van der Waals surface area contributed by atoms with Gasteiger partial charge in [0.25, 0.3) is 0 Å². The molecule has 3 aromatic rings. The van der Waals surface area contributed by atoms with Crippen molar-refractivity contribution in [1.29, 1.82) is 5.26 Å². The fourth-order valence-corrected chi connectivity index (χ4v) is 3.38. The maximum Gasteiger partial charge on any atom is 0.305 e. The molecule has 0 spiro atoms. The van der Waals surface area contributed by atoms with Gasteiger partial charge in [-0.1, -0.05) is 18.2 Å². The van der Waals surface area contributed by atoms with Crippen molar-refractivity contribution < 1.29 is 14.6 Å². The average Bonchev–Trinajstić information content (AvgIpc) is 2.98.